The lowest BCUT2D eigenvalue weighted by molar-refractivity contribution is 0.414. The molecule has 25 heavy (non-hydrogen) atoms. The van der Waals surface area contributed by atoms with Crippen LogP contribution in [0.25, 0.3) is 0 Å². The topological polar surface area (TPSA) is 79.9 Å². The molecule has 2 aromatic carbocycles. The number of ether oxygens (including phenoxy) is 1. The average Bonchev–Trinajstić information content (AvgIpc) is 2.65. The molecule has 1 unspecified atom stereocenters. The van der Waals surface area contributed by atoms with Crippen LogP contribution in [0.4, 0.5) is 5.95 Å². The van der Waals surface area contributed by atoms with Crippen molar-refractivity contribution in [3.05, 3.63) is 81.8 Å². The van der Waals surface area contributed by atoms with Crippen molar-refractivity contribution in [3.8, 4) is 5.75 Å². The molecule has 0 aliphatic carbocycles. The van der Waals surface area contributed by atoms with Crippen LogP contribution < -0.4 is 15.6 Å². The summed E-state index contributed by atoms with van der Waals surface area (Å²) in [6.07, 6.45) is 0.418. The van der Waals surface area contributed by atoms with Crippen LogP contribution in [0.15, 0.2) is 59.4 Å². The molecule has 0 fully saturated rings. The normalized spacial score (nSPS) is 11.8. The van der Waals surface area contributed by atoms with E-state index in [4.69, 9.17) is 4.74 Å². The number of aromatic nitrogens is 3. The number of rotatable bonds is 6. The van der Waals surface area contributed by atoms with Crippen LogP contribution in [-0.4, -0.2) is 22.3 Å². The summed E-state index contributed by atoms with van der Waals surface area (Å²) < 4.78 is 5.13. The molecule has 0 amide bonds. The van der Waals surface area contributed by atoms with Crippen molar-refractivity contribution in [2.45, 2.75) is 19.4 Å². The first-order valence-electron chi connectivity index (χ1n) is 8.06. The molecule has 1 heterocycles. The molecular formula is C19H20N4O2. The van der Waals surface area contributed by atoms with Crippen LogP contribution in [0.2, 0.25) is 0 Å². The van der Waals surface area contributed by atoms with Gasteiger partial charge in [0, 0.05) is 6.42 Å². The molecule has 0 bridgehead atoms. The maximum absolute atomic E-state index is 12.3. The molecule has 0 radical (unpaired) electrons. The fourth-order valence-electron chi connectivity index (χ4n) is 2.51. The molecule has 1 atom stereocenters. The van der Waals surface area contributed by atoms with Gasteiger partial charge in [-0.2, -0.15) is 0 Å². The van der Waals surface area contributed by atoms with E-state index in [1.54, 1.807) is 7.11 Å². The lowest BCUT2D eigenvalue weighted by Crippen LogP contribution is -2.21. The third kappa shape index (κ3) is 4.23. The number of nitrogens with one attached hydrogen (secondary N) is 2. The molecule has 0 saturated heterocycles. The monoisotopic (exact) mass is 336 g/mol. The van der Waals surface area contributed by atoms with Crippen molar-refractivity contribution < 1.29 is 4.74 Å². The summed E-state index contributed by atoms with van der Waals surface area (Å²) in [5, 5.41) is 11.3. The molecule has 1 aromatic heterocycles. The van der Waals surface area contributed by atoms with E-state index >= 15 is 0 Å². The summed E-state index contributed by atoms with van der Waals surface area (Å²) >= 11 is 0. The highest BCUT2D eigenvalue weighted by Crippen LogP contribution is 2.16. The van der Waals surface area contributed by atoms with Crippen molar-refractivity contribution in [3.63, 3.8) is 0 Å². The van der Waals surface area contributed by atoms with E-state index in [2.05, 4.69) is 20.5 Å². The van der Waals surface area contributed by atoms with Crippen molar-refractivity contribution in [2.75, 3.05) is 12.4 Å². The van der Waals surface area contributed by atoms with E-state index < -0.39 is 0 Å². The smallest absolute Gasteiger partial charge is 0.274 e. The van der Waals surface area contributed by atoms with Gasteiger partial charge in [-0.1, -0.05) is 42.5 Å². The van der Waals surface area contributed by atoms with E-state index in [0.29, 0.717) is 18.1 Å². The first kappa shape index (κ1) is 16.7. The Bertz CT molecular complexity index is 876. The molecule has 128 valence electrons. The van der Waals surface area contributed by atoms with E-state index in [-0.39, 0.29) is 11.6 Å². The second kappa shape index (κ2) is 7.61. The Balaban J connectivity index is 1.71. The summed E-state index contributed by atoms with van der Waals surface area (Å²) in [6, 6.07) is 17.5. The lowest BCUT2D eigenvalue weighted by atomic mass is 10.1. The van der Waals surface area contributed by atoms with Crippen LogP contribution in [0.3, 0.4) is 0 Å². The zero-order valence-electron chi connectivity index (χ0n) is 14.2. The Morgan fingerprint density at radius 2 is 1.80 bits per heavy atom. The van der Waals surface area contributed by atoms with Crippen LogP contribution in [-0.2, 0) is 6.42 Å². The van der Waals surface area contributed by atoms with E-state index in [1.807, 2.05) is 61.5 Å². The largest absolute Gasteiger partial charge is 0.497 e. The number of benzene rings is 2. The molecule has 6 heteroatoms. The zero-order chi connectivity index (χ0) is 17.6. The predicted molar refractivity (Wildman–Crippen MR) is 96.9 cm³/mol. The Morgan fingerprint density at radius 1 is 1.08 bits per heavy atom. The van der Waals surface area contributed by atoms with Crippen molar-refractivity contribution in [2.24, 2.45) is 0 Å². The number of aromatic amines is 1. The average molecular weight is 336 g/mol. The number of anilines is 1. The van der Waals surface area contributed by atoms with Crippen LogP contribution in [0, 0.1) is 0 Å². The summed E-state index contributed by atoms with van der Waals surface area (Å²) in [4.78, 5) is 15.0. The minimum Gasteiger partial charge on any atom is -0.497 e. The minimum atomic E-state index is -0.242. The Hall–Kier alpha value is -3.15. The van der Waals surface area contributed by atoms with Gasteiger partial charge in [0.05, 0.1) is 13.2 Å². The maximum Gasteiger partial charge on any atom is 0.274 e. The third-order valence-corrected chi connectivity index (χ3v) is 3.95. The first-order chi connectivity index (χ1) is 12.2. The molecule has 3 rings (SSSR count). The number of hydrogen-bond acceptors (Lipinski definition) is 5. The summed E-state index contributed by atoms with van der Waals surface area (Å²) in [5.41, 5.74) is 2.21. The number of methoxy groups -OCH3 is 1. The maximum atomic E-state index is 12.3. The summed E-state index contributed by atoms with van der Waals surface area (Å²) in [5.74, 6) is 1.14. The Morgan fingerprint density at radius 3 is 2.44 bits per heavy atom. The highest BCUT2D eigenvalue weighted by Gasteiger charge is 2.09. The SMILES string of the molecule is COc1ccc(Cc2nnc(NC(C)c3ccccc3)[nH]c2=O)cc1. The Kier molecular flexibility index (Phi) is 5.09. The van der Waals surface area contributed by atoms with Gasteiger partial charge < -0.3 is 10.1 Å². The second-order valence-electron chi connectivity index (χ2n) is 5.75. The van der Waals surface area contributed by atoms with E-state index in [9.17, 15) is 4.79 Å². The molecule has 0 aliphatic heterocycles. The molecule has 3 aromatic rings. The van der Waals surface area contributed by atoms with Crippen LogP contribution in [0.5, 0.6) is 5.75 Å². The highest BCUT2D eigenvalue weighted by molar-refractivity contribution is 5.32. The fourth-order valence-corrected chi connectivity index (χ4v) is 2.51. The molecule has 0 aliphatic rings. The van der Waals surface area contributed by atoms with E-state index in [1.165, 1.54) is 0 Å². The Labute approximate surface area is 145 Å². The number of hydrogen-bond donors (Lipinski definition) is 2. The van der Waals surface area contributed by atoms with Crippen molar-refractivity contribution >= 4 is 5.95 Å². The van der Waals surface area contributed by atoms with Crippen molar-refractivity contribution in [1.29, 1.82) is 0 Å². The zero-order valence-corrected chi connectivity index (χ0v) is 14.2. The third-order valence-electron chi connectivity index (χ3n) is 3.95. The van der Waals surface area contributed by atoms with Gasteiger partial charge >= 0.3 is 0 Å². The molecular weight excluding hydrogens is 316 g/mol. The number of nitrogens with zero attached hydrogens (tertiary/aromatic N) is 2. The molecule has 0 spiro atoms. The summed E-state index contributed by atoms with van der Waals surface area (Å²) in [6.45, 7) is 2.00. The molecule has 2 N–H and O–H groups in total. The molecule has 6 nitrogen and oxygen atoms in total. The van der Waals surface area contributed by atoms with Gasteiger partial charge in [0.25, 0.3) is 5.56 Å². The predicted octanol–water partition coefficient (Wildman–Crippen LogP) is 2.94. The fraction of sp³-hybridized carbons (Fsp3) is 0.211. The van der Waals surface area contributed by atoms with Crippen LogP contribution >= 0.6 is 0 Å². The van der Waals surface area contributed by atoms with Gasteiger partial charge in [-0.25, -0.2) is 0 Å². The standard InChI is InChI=1S/C19H20N4O2/c1-13(15-6-4-3-5-7-15)20-19-21-18(24)17(22-23-19)12-14-8-10-16(25-2)11-9-14/h3-11,13H,12H2,1-2H3,(H2,20,21,23,24). The van der Waals surface area contributed by atoms with Crippen molar-refractivity contribution in [1.82, 2.24) is 15.2 Å². The first-order valence-corrected chi connectivity index (χ1v) is 8.06. The van der Waals surface area contributed by atoms with Gasteiger partial charge in [0.2, 0.25) is 5.95 Å². The molecule has 0 saturated carbocycles. The van der Waals surface area contributed by atoms with Gasteiger partial charge in [-0.15, -0.1) is 10.2 Å². The van der Waals surface area contributed by atoms with Gasteiger partial charge in [-0.05, 0) is 30.2 Å². The van der Waals surface area contributed by atoms with E-state index in [0.717, 1.165) is 16.9 Å². The van der Waals surface area contributed by atoms with Crippen LogP contribution in [0.1, 0.15) is 29.8 Å². The highest BCUT2D eigenvalue weighted by atomic mass is 16.5. The minimum absolute atomic E-state index is 0.0126. The number of H-pyrrole nitrogens is 1. The second-order valence-corrected chi connectivity index (χ2v) is 5.75. The van der Waals surface area contributed by atoms with Gasteiger partial charge in [-0.3, -0.25) is 9.78 Å². The van der Waals surface area contributed by atoms with Gasteiger partial charge in [0.15, 0.2) is 0 Å². The lowest BCUT2D eigenvalue weighted by Gasteiger charge is -2.14. The van der Waals surface area contributed by atoms with Gasteiger partial charge in [0.1, 0.15) is 11.4 Å². The summed E-state index contributed by atoms with van der Waals surface area (Å²) in [7, 11) is 1.62. The quantitative estimate of drug-likeness (QED) is 0.723.